The van der Waals surface area contributed by atoms with Crippen LogP contribution in [0.15, 0.2) is 0 Å². The predicted molar refractivity (Wildman–Crippen MR) is 64.8 cm³/mol. The summed E-state index contributed by atoms with van der Waals surface area (Å²) >= 11 is 0. The lowest BCUT2D eigenvalue weighted by Crippen LogP contribution is -2.48. The van der Waals surface area contributed by atoms with E-state index < -0.39 is 12.0 Å². The maximum absolute atomic E-state index is 11.1. The van der Waals surface area contributed by atoms with Crippen LogP contribution in [0.1, 0.15) is 32.6 Å². The molecule has 2 aliphatic rings. The summed E-state index contributed by atoms with van der Waals surface area (Å²) in [5, 5.41) is 12.3. The van der Waals surface area contributed by atoms with E-state index in [2.05, 4.69) is 12.2 Å². The van der Waals surface area contributed by atoms with Gasteiger partial charge in [-0.3, -0.25) is 10.1 Å². The van der Waals surface area contributed by atoms with Crippen LogP contribution in [0, 0.1) is 17.8 Å². The number of methoxy groups -OCH3 is 1. The number of carbonyl (C=O) groups is 1. The lowest BCUT2D eigenvalue weighted by molar-refractivity contribution is -0.141. The molecule has 0 aliphatic heterocycles. The Labute approximate surface area is 103 Å². The van der Waals surface area contributed by atoms with Crippen LogP contribution in [0.4, 0.5) is 0 Å². The highest BCUT2D eigenvalue weighted by Gasteiger charge is 2.42. The third kappa shape index (κ3) is 2.80. The van der Waals surface area contributed by atoms with Crippen LogP contribution in [0.25, 0.3) is 0 Å². The summed E-state index contributed by atoms with van der Waals surface area (Å²) in [7, 11) is 1.54. The Balaban J connectivity index is 1.87. The highest BCUT2D eigenvalue weighted by Crippen LogP contribution is 2.49. The largest absolute Gasteiger partial charge is 0.480 e. The van der Waals surface area contributed by atoms with Crippen molar-refractivity contribution in [3.63, 3.8) is 0 Å². The molecular weight excluding hydrogens is 218 g/mol. The number of carboxylic acid groups (broad SMARTS) is 1. The summed E-state index contributed by atoms with van der Waals surface area (Å²) in [5.41, 5.74) is 0. The van der Waals surface area contributed by atoms with Crippen molar-refractivity contribution >= 4 is 5.97 Å². The monoisotopic (exact) mass is 241 g/mol. The fourth-order valence-corrected chi connectivity index (χ4v) is 3.70. The normalized spacial score (nSPS) is 34.8. The molecule has 2 saturated carbocycles. The van der Waals surface area contributed by atoms with E-state index in [1.54, 1.807) is 7.11 Å². The SMILES string of the molecule is COCC(NC(C)C1CC2CCC1C2)C(=O)O. The predicted octanol–water partition coefficient (Wildman–Crippen LogP) is 1.50. The van der Waals surface area contributed by atoms with Gasteiger partial charge in [-0.1, -0.05) is 6.42 Å². The van der Waals surface area contributed by atoms with Crippen LogP contribution < -0.4 is 5.32 Å². The maximum atomic E-state index is 11.1. The number of hydrogen-bond acceptors (Lipinski definition) is 3. The van der Waals surface area contributed by atoms with Gasteiger partial charge in [0.1, 0.15) is 6.04 Å². The van der Waals surface area contributed by atoms with Gasteiger partial charge in [0.2, 0.25) is 0 Å². The molecular formula is C13H23NO3. The van der Waals surface area contributed by atoms with Gasteiger partial charge in [0.15, 0.2) is 0 Å². The molecule has 0 amide bonds. The van der Waals surface area contributed by atoms with Crippen LogP contribution in [0.3, 0.4) is 0 Å². The quantitative estimate of drug-likeness (QED) is 0.740. The van der Waals surface area contributed by atoms with E-state index >= 15 is 0 Å². The van der Waals surface area contributed by atoms with Crippen molar-refractivity contribution in [3.8, 4) is 0 Å². The van der Waals surface area contributed by atoms with Crippen LogP contribution >= 0.6 is 0 Å². The summed E-state index contributed by atoms with van der Waals surface area (Å²) in [5.74, 6) is 1.56. The van der Waals surface area contributed by atoms with Crippen LogP contribution in [0.2, 0.25) is 0 Å². The summed E-state index contributed by atoms with van der Waals surface area (Å²) in [6.07, 6.45) is 5.36. The van der Waals surface area contributed by atoms with Gasteiger partial charge in [-0.15, -0.1) is 0 Å². The maximum Gasteiger partial charge on any atom is 0.323 e. The molecule has 0 spiro atoms. The first-order chi connectivity index (χ1) is 8.11. The van der Waals surface area contributed by atoms with Crippen LogP contribution in [0.5, 0.6) is 0 Å². The zero-order chi connectivity index (χ0) is 12.4. The second-order valence-electron chi connectivity index (χ2n) is 5.64. The lowest BCUT2D eigenvalue weighted by Gasteiger charge is -2.30. The molecule has 5 atom stereocenters. The summed E-state index contributed by atoms with van der Waals surface area (Å²) < 4.78 is 4.95. The van der Waals surface area contributed by atoms with Gasteiger partial charge in [0.25, 0.3) is 0 Å². The standard InChI is InChI=1S/C13H23NO3/c1-8(14-12(7-17-2)13(15)16)11-6-9-3-4-10(11)5-9/h8-12,14H,3-7H2,1-2H3,(H,15,16). The zero-order valence-electron chi connectivity index (χ0n) is 10.7. The Bertz CT molecular complexity index is 282. The van der Waals surface area contributed by atoms with Gasteiger partial charge < -0.3 is 9.84 Å². The lowest BCUT2D eigenvalue weighted by atomic mass is 9.84. The Hall–Kier alpha value is -0.610. The van der Waals surface area contributed by atoms with Gasteiger partial charge in [-0.2, -0.15) is 0 Å². The fourth-order valence-electron chi connectivity index (χ4n) is 3.70. The van der Waals surface area contributed by atoms with Gasteiger partial charge >= 0.3 is 5.97 Å². The third-order valence-electron chi connectivity index (χ3n) is 4.53. The first kappa shape index (κ1) is 12.8. The first-order valence-corrected chi connectivity index (χ1v) is 6.59. The molecule has 0 heterocycles. The molecule has 0 aromatic rings. The number of rotatable bonds is 6. The first-order valence-electron chi connectivity index (χ1n) is 6.59. The van der Waals surface area contributed by atoms with Crippen molar-refractivity contribution in [2.75, 3.05) is 13.7 Å². The highest BCUT2D eigenvalue weighted by molar-refractivity contribution is 5.73. The zero-order valence-corrected chi connectivity index (χ0v) is 10.7. The number of fused-ring (bicyclic) bond motifs is 2. The van der Waals surface area contributed by atoms with Gasteiger partial charge in [-0.25, -0.2) is 0 Å². The summed E-state index contributed by atoms with van der Waals surface area (Å²) in [6, 6.07) is -0.296. The van der Waals surface area contributed by atoms with E-state index in [9.17, 15) is 4.79 Å². The molecule has 17 heavy (non-hydrogen) atoms. The molecule has 0 radical (unpaired) electrons. The van der Waals surface area contributed by atoms with Crippen molar-refractivity contribution in [2.45, 2.75) is 44.7 Å². The molecule has 2 bridgehead atoms. The van der Waals surface area contributed by atoms with Crippen molar-refractivity contribution in [2.24, 2.45) is 17.8 Å². The smallest absolute Gasteiger partial charge is 0.323 e. The highest BCUT2D eigenvalue weighted by atomic mass is 16.5. The van der Waals surface area contributed by atoms with E-state index in [0.717, 1.165) is 11.8 Å². The third-order valence-corrected chi connectivity index (χ3v) is 4.53. The molecule has 4 heteroatoms. The molecule has 2 rings (SSSR count). The number of nitrogens with one attached hydrogen (secondary N) is 1. The number of carboxylic acids is 1. The van der Waals surface area contributed by atoms with Crippen molar-refractivity contribution in [1.82, 2.24) is 5.32 Å². The molecule has 0 saturated heterocycles. The number of ether oxygens (including phenoxy) is 1. The Morgan fingerprint density at radius 1 is 1.47 bits per heavy atom. The van der Waals surface area contributed by atoms with E-state index in [0.29, 0.717) is 5.92 Å². The second kappa shape index (κ2) is 5.36. The molecule has 5 unspecified atom stereocenters. The molecule has 0 aromatic carbocycles. The van der Waals surface area contributed by atoms with E-state index in [1.165, 1.54) is 25.7 Å². The molecule has 98 valence electrons. The van der Waals surface area contributed by atoms with Crippen LogP contribution in [-0.2, 0) is 9.53 Å². The van der Waals surface area contributed by atoms with E-state index in [1.807, 2.05) is 0 Å². The fraction of sp³-hybridized carbons (Fsp3) is 0.923. The molecule has 0 aromatic heterocycles. The van der Waals surface area contributed by atoms with Gasteiger partial charge in [-0.05, 0) is 43.9 Å². The van der Waals surface area contributed by atoms with Crippen molar-refractivity contribution < 1.29 is 14.6 Å². The number of hydrogen-bond donors (Lipinski definition) is 2. The molecule has 2 aliphatic carbocycles. The second-order valence-corrected chi connectivity index (χ2v) is 5.64. The Kier molecular flexibility index (Phi) is 4.05. The number of aliphatic carboxylic acids is 1. The van der Waals surface area contributed by atoms with E-state index in [4.69, 9.17) is 9.84 Å². The van der Waals surface area contributed by atoms with Gasteiger partial charge in [0.05, 0.1) is 6.61 Å². The minimum atomic E-state index is -0.818. The minimum absolute atomic E-state index is 0.237. The molecule has 2 fully saturated rings. The Morgan fingerprint density at radius 3 is 2.71 bits per heavy atom. The Morgan fingerprint density at radius 2 is 2.24 bits per heavy atom. The minimum Gasteiger partial charge on any atom is -0.480 e. The van der Waals surface area contributed by atoms with Gasteiger partial charge in [0, 0.05) is 13.2 Å². The summed E-state index contributed by atoms with van der Waals surface area (Å²) in [4.78, 5) is 11.1. The molecule has 2 N–H and O–H groups in total. The average molecular weight is 241 g/mol. The topological polar surface area (TPSA) is 58.6 Å². The average Bonchev–Trinajstić information content (AvgIpc) is 2.89. The van der Waals surface area contributed by atoms with Crippen molar-refractivity contribution in [1.29, 1.82) is 0 Å². The van der Waals surface area contributed by atoms with Crippen LogP contribution in [-0.4, -0.2) is 36.9 Å². The van der Waals surface area contributed by atoms with E-state index in [-0.39, 0.29) is 12.6 Å². The molecule has 4 nitrogen and oxygen atoms in total. The van der Waals surface area contributed by atoms with Crippen molar-refractivity contribution in [3.05, 3.63) is 0 Å². The summed E-state index contributed by atoms with van der Waals surface area (Å²) in [6.45, 7) is 2.36.